The van der Waals surface area contributed by atoms with Gasteiger partial charge in [-0.25, -0.2) is 0 Å². The largest absolute Gasteiger partial charge is 0.379 e. The van der Waals surface area contributed by atoms with E-state index in [0.29, 0.717) is 13.1 Å². The number of ether oxygens (including phenoxy) is 1. The Labute approximate surface area is 171 Å². The maximum Gasteiger partial charge on any atom is 0.227 e. The first-order valence-corrected chi connectivity index (χ1v) is 10.3. The average Bonchev–Trinajstić information content (AvgIpc) is 3.14. The van der Waals surface area contributed by atoms with Gasteiger partial charge < -0.3 is 15.0 Å². The van der Waals surface area contributed by atoms with Crippen molar-refractivity contribution in [2.75, 3.05) is 44.3 Å². The van der Waals surface area contributed by atoms with Crippen LogP contribution in [0.5, 0.6) is 0 Å². The first-order chi connectivity index (χ1) is 14.0. The van der Waals surface area contributed by atoms with Crippen molar-refractivity contribution >= 4 is 28.3 Å². The third-order valence-corrected chi connectivity index (χ3v) is 6.12. The maximum atomic E-state index is 12.8. The Morgan fingerprint density at radius 3 is 2.66 bits per heavy atom. The number of benzene rings is 2. The highest BCUT2D eigenvalue weighted by Gasteiger charge is 2.37. The summed E-state index contributed by atoms with van der Waals surface area (Å²) in [5.41, 5.74) is 0.745. The summed E-state index contributed by atoms with van der Waals surface area (Å²) in [6.45, 7) is 8.48. The number of amides is 2. The van der Waals surface area contributed by atoms with Crippen molar-refractivity contribution < 1.29 is 14.3 Å². The van der Waals surface area contributed by atoms with Gasteiger partial charge >= 0.3 is 0 Å². The zero-order valence-corrected chi connectivity index (χ0v) is 17.2. The second kappa shape index (κ2) is 8.13. The molecule has 29 heavy (non-hydrogen) atoms. The molecule has 154 valence electrons. The van der Waals surface area contributed by atoms with Crippen LogP contribution in [0, 0.1) is 5.92 Å². The predicted molar refractivity (Wildman–Crippen MR) is 114 cm³/mol. The number of hydrogen-bond donors (Lipinski definition) is 1. The number of nitrogens with zero attached hydrogens (tertiary/aromatic N) is 2. The van der Waals surface area contributed by atoms with E-state index in [1.165, 1.54) is 0 Å². The second-order valence-electron chi connectivity index (χ2n) is 8.53. The van der Waals surface area contributed by atoms with Crippen LogP contribution in [-0.2, 0) is 14.3 Å². The molecule has 0 aliphatic carbocycles. The Morgan fingerprint density at radius 1 is 1.14 bits per heavy atom. The highest BCUT2D eigenvalue weighted by Crippen LogP contribution is 2.31. The molecule has 0 spiro atoms. The van der Waals surface area contributed by atoms with E-state index in [-0.39, 0.29) is 29.7 Å². The first-order valence-electron chi connectivity index (χ1n) is 10.3. The number of hydrogen-bond acceptors (Lipinski definition) is 4. The molecule has 0 radical (unpaired) electrons. The van der Waals surface area contributed by atoms with E-state index in [1.54, 1.807) is 4.90 Å². The van der Waals surface area contributed by atoms with Gasteiger partial charge in [-0.3, -0.25) is 14.5 Å². The summed E-state index contributed by atoms with van der Waals surface area (Å²) in [6, 6.07) is 14.0. The monoisotopic (exact) mass is 395 g/mol. The van der Waals surface area contributed by atoms with Crippen LogP contribution in [0.15, 0.2) is 42.5 Å². The van der Waals surface area contributed by atoms with Gasteiger partial charge in [-0.2, -0.15) is 0 Å². The van der Waals surface area contributed by atoms with Crippen LogP contribution in [0.2, 0.25) is 0 Å². The molecule has 6 heteroatoms. The summed E-state index contributed by atoms with van der Waals surface area (Å²) in [7, 11) is 0. The zero-order valence-electron chi connectivity index (χ0n) is 17.2. The van der Waals surface area contributed by atoms with Crippen LogP contribution in [0.1, 0.15) is 20.3 Å². The van der Waals surface area contributed by atoms with E-state index in [2.05, 4.69) is 24.1 Å². The van der Waals surface area contributed by atoms with Crippen molar-refractivity contribution in [3.8, 4) is 0 Å². The Morgan fingerprint density at radius 2 is 1.86 bits per heavy atom. The van der Waals surface area contributed by atoms with Crippen molar-refractivity contribution in [3.63, 3.8) is 0 Å². The summed E-state index contributed by atoms with van der Waals surface area (Å²) in [4.78, 5) is 29.6. The lowest BCUT2D eigenvalue weighted by Crippen LogP contribution is -2.55. The highest BCUT2D eigenvalue weighted by molar-refractivity contribution is 6.06. The van der Waals surface area contributed by atoms with Crippen LogP contribution < -0.4 is 10.2 Å². The summed E-state index contributed by atoms with van der Waals surface area (Å²) in [6.07, 6.45) is 0.257. The van der Waals surface area contributed by atoms with E-state index in [9.17, 15) is 9.59 Å². The fraction of sp³-hybridized carbons (Fsp3) is 0.478. The Kier molecular flexibility index (Phi) is 5.56. The summed E-state index contributed by atoms with van der Waals surface area (Å²) >= 11 is 0. The molecule has 2 aliphatic heterocycles. The van der Waals surface area contributed by atoms with Gasteiger partial charge in [0, 0.05) is 43.5 Å². The van der Waals surface area contributed by atoms with Crippen molar-refractivity contribution in [2.45, 2.75) is 25.8 Å². The number of carbonyl (C=O) groups is 2. The lowest BCUT2D eigenvalue weighted by atomic mass is 10.0. The molecule has 2 amide bonds. The van der Waals surface area contributed by atoms with Gasteiger partial charge in [0.25, 0.3) is 0 Å². The smallest absolute Gasteiger partial charge is 0.227 e. The standard InChI is InChI=1S/C23H29N3O3/c1-23(2,25-10-12-29-13-11-25)16-24-22(28)18-14-21(27)26(15-18)20-9-5-7-17-6-3-4-8-19(17)20/h3-9,18H,10-16H2,1-2H3,(H,24,28). The van der Waals surface area contributed by atoms with Crippen LogP contribution >= 0.6 is 0 Å². The molecule has 2 aromatic rings. The predicted octanol–water partition coefficient (Wildman–Crippen LogP) is 2.42. The SMILES string of the molecule is CC(C)(CNC(=O)C1CC(=O)N(c2cccc3ccccc23)C1)N1CCOCC1. The normalized spacial score (nSPS) is 21.0. The number of fused-ring (bicyclic) bond motifs is 1. The number of morpholine rings is 1. The van der Waals surface area contributed by atoms with Crippen LogP contribution in [0.4, 0.5) is 5.69 Å². The minimum atomic E-state index is -0.318. The third-order valence-electron chi connectivity index (χ3n) is 6.12. The number of carbonyl (C=O) groups excluding carboxylic acids is 2. The molecule has 2 aliphatic rings. The average molecular weight is 396 g/mol. The topological polar surface area (TPSA) is 61.9 Å². The fourth-order valence-corrected chi connectivity index (χ4v) is 4.29. The highest BCUT2D eigenvalue weighted by atomic mass is 16.5. The molecule has 2 aromatic carbocycles. The van der Waals surface area contributed by atoms with Gasteiger partial charge in [0.05, 0.1) is 24.8 Å². The van der Waals surface area contributed by atoms with Crippen LogP contribution in [0.3, 0.4) is 0 Å². The third kappa shape index (κ3) is 4.14. The molecular formula is C23H29N3O3. The molecule has 1 unspecified atom stereocenters. The summed E-state index contributed by atoms with van der Waals surface area (Å²) in [5.74, 6) is -0.349. The lowest BCUT2D eigenvalue weighted by molar-refractivity contribution is -0.127. The van der Waals surface area contributed by atoms with Gasteiger partial charge in [-0.1, -0.05) is 36.4 Å². The Bertz CT molecular complexity index is 900. The molecule has 2 fully saturated rings. The quantitative estimate of drug-likeness (QED) is 0.845. The molecule has 0 aromatic heterocycles. The van der Waals surface area contributed by atoms with Crippen LogP contribution in [0.25, 0.3) is 10.8 Å². The van der Waals surface area contributed by atoms with E-state index in [1.807, 2.05) is 42.5 Å². The second-order valence-corrected chi connectivity index (χ2v) is 8.53. The number of rotatable bonds is 5. The molecule has 4 rings (SSSR count). The molecule has 2 saturated heterocycles. The summed E-state index contributed by atoms with van der Waals surface area (Å²) < 4.78 is 5.43. The molecule has 1 N–H and O–H groups in total. The van der Waals surface area contributed by atoms with Gasteiger partial charge in [0.1, 0.15) is 0 Å². The Balaban J connectivity index is 1.41. The van der Waals surface area contributed by atoms with Gasteiger partial charge in [0.15, 0.2) is 0 Å². The fourth-order valence-electron chi connectivity index (χ4n) is 4.29. The van der Waals surface area contributed by atoms with Crippen LogP contribution in [-0.4, -0.2) is 61.6 Å². The molecule has 0 saturated carbocycles. The molecule has 1 atom stereocenters. The van der Waals surface area contributed by atoms with Crippen molar-refractivity contribution in [2.24, 2.45) is 5.92 Å². The maximum absolute atomic E-state index is 12.8. The van der Waals surface area contributed by atoms with E-state index < -0.39 is 0 Å². The van der Waals surface area contributed by atoms with E-state index in [4.69, 9.17) is 4.74 Å². The molecule has 0 bridgehead atoms. The minimum absolute atomic E-state index is 0.00828. The van der Waals surface area contributed by atoms with Gasteiger partial charge in [-0.15, -0.1) is 0 Å². The Hall–Kier alpha value is -2.44. The van der Waals surface area contributed by atoms with Crippen molar-refractivity contribution in [3.05, 3.63) is 42.5 Å². The molecular weight excluding hydrogens is 366 g/mol. The first kappa shape index (κ1) is 19.9. The van der Waals surface area contributed by atoms with Gasteiger partial charge in [-0.05, 0) is 25.3 Å². The molecule has 2 heterocycles. The number of nitrogens with one attached hydrogen (secondary N) is 1. The number of anilines is 1. The van der Waals surface area contributed by atoms with E-state index >= 15 is 0 Å². The van der Waals surface area contributed by atoms with Crippen molar-refractivity contribution in [1.29, 1.82) is 0 Å². The zero-order chi connectivity index (χ0) is 20.4. The molecule has 6 nitrogen and oxygen atoms in total. The minimum Gasteiger partial charge on any atom is -0.379 e. The van der Waals surface area contributed by atoms with Gasteiger partial charge in [0.2, 0.25) is 11.8 Å². The van der Waals surface area contributed by atoms with E-state index in [0.717, 1.165) is 42.8 Å². The summed E-state index contributed by atoms with van der Waals surface area (Å²) in [5, 5.41) is 5.23. The lowest BCUT2D eigenvalue weighted by Gasteiger charge is -2.41. The van der Waals surface area contributed by atoms with Crippen molar-refractivity contribution in [1.82, 2.24) is 10.2 Å².